The lowest BCUT2D eigenvalue weighted by Crippen LogP contribution is -2.74. The summed E-state index contributed by atoms with van der Waals surface area (Å²) in [6.07, 6.45) is -15.8. The summed E-state index contributed by atoms with van der Waals surface area (Å²) < 4.78 is 251. The van der Waals surface area contributed by atoms with Gasteiger partial charge in [-0.15, -0.1) is 0 Å². The summed E-state index contributed by atoms with van der Waals surface area (Å²) >= 11 is 0. The van der Waals surface area contributed by atoms with Crippen LogP contribution in [0.4, 0.5) is 87.0 Å². The molecule has 0 heterocycles. The van der Waals surface area contributed by atoms with Gasteiger partial charge >= 0.3 is 57.1 Å². The lowest BCUT2D eigenvalue weighted by Gasteiger charge is -2.42. The molecular formula is C8F20OSi. The maximum absolute atomic E-state index is 13.0. The molecule has 0 aromatic rings. The average Bonchev–Trinajstić information content (AvgIpc) is 2.41. The van der Waals surface area contributed by atoms with E-state index in [2.05, 4.69) is 0 Å². The van der Waals surface area contributed by atoms with Gasteiger partial charge in [0.1, 0.15) is 0 Å². The van der Waals surface area contributed by atoms with Gasteiger partial charge in [0.25, 0.3) is 0 Å². The molecule has 22 heteroatoms. The van der Waals surface area contributed by atoms with Crippen molar-refractivity contribution in [1.29, 1.82) is 0 Å². The smallest absolute Gasteiger partial charge is 0.276 e. The van der Waals surface area contributed by atoms with Crippen LogP contribution in [0, 0.1) is 0 Å². The second kappa shape index (κ2) is 6.89. The van der Waals surface area contributed by atoms with Crippen LogP contribution in [0.1, 0.15) is 0 Å². The molecule has 0 spiro atoms. The maximum atomic E-state index is 13.0. The predicted octanol–water partition coefficient (Wildman–Crippen LogP) is 6.31. The van der Waals surface area contributed by atoms with Gasteiger partial charge in [-0.25, -0.2) is 12.3 Å². The van der Waals surface area contributed by atoms with E-state index in [-0.39, 0.29) is 0 Å². The zero-order valence-corrected chi connectivity index (χ0v) is 13.5. The van der Waals surface area contributed by atoms with Gasteiger partial charge in [0.15, 0.2) is 0 Å². The van der Waals surface area contributed by atoms with Crippen LogP contribution in [0.15, 0.2) is 0 Å². The quantitative estimate of drug-likeness (QED) is 0.207. The van der Waals surface area contributed by atoms with Crippen molar-refractivity contribution in [2.24, 2.45) is 0 Å². The highest BCUT2D eigenvalue weighted by atomic mass is 28.5. The fourth-order valence-corrected chi connectivity index (χ4v) is 1.78. The van der Waals surface area contributed by atoms with Gasteiger partial charge < -0.3 is 0 Å². The summed E-state index contributed by atoms with van der Waals surface area (Å²) in [7, 11) is -8.59. The Morgan fingerprint density at radius 3 is 0.833 bits per heavy atom. The minimum Gasteiger partial charge on any atom is -0.276 e. The van der Waals surface area contributed by atoms with Crippen LogP contribution in [-0.4, -0.2) is 57.1 Å². The minimum absolute atomic E-state index is 1.17. The molecule has 1 nitrogen and oxygen atoms in total. The highest BCUT2D eigenvalue weighted by Crippen LogP contribution is 2.64. The molecule has 0 aliphatic heterocycles. The normalized spacial score (nSPS) is 16.8. The molecule has 30 heavy (non-hydrogen) atoms. The van der Waals surface area contributed by atoms with Crippen molar-refractivity contribution in [3.05, 3.63) is 0 Å². The number of halogens is 20. The first-order valence-electron chi connectivity index (χ1n) is 5.94. The minimum atomic E-state index is -8.94. The Balaban J connectivity index is 6.70. The molecule has 0 amide bonds. The number of hydrogen-bond acceptors (Lipinski definition) is 1. The van der Waals surface area contributed by atoms with Crippen molar-refractivity contribution in [1.82, 2.24) is 0 Å². The Hall–Kier alpha value is -1.22. The van der Waals surface area contributed by atoms with Crippen LogP contribution in [0.25, 0.3) is 0 Å². The van der Waals surface area contributed by atoms with Crippen LogP contribution in [0.3, 0.4) is 0 Å². The molecule has 0 aliphatic rings. The van der Waals surface area contributed by atoms with E-state index in [0.717, 1.165) is 0 Å². The van der Waals surface area contributed by atoms with Gasteiger partial charge in [0, 0.05) is 0 Å². The molecule has 0 aliphatic carbocycles. The van der Waals surface area contributed by atoms with E-state index in [1.807, 2.05) is 0 Å². The predicted molar refractivity (Wildman–Crippen MR) is 50.8 cm³/mol. The van der Waals surface area contributed by atoms with Gasteiger partial charge in [-0.2, -0.15) is 74.6 Å². The molecule has 0 N–H and O–H groups in total. The lowest BCUT2D eigenvalue weighted by molar-refractivity contribution is -0.473. The van der Waals surface area contributed by atoms with Crippen LogP contribution >= 0.6 is 0 Å². The van der Waals surface area contributed by atoms with Crippen molar-refractivity contribution >= 4 is 9.32 Å². The van der Waals surface area contributed by atoms with E-state index >= 15 is 0 Å². The Morgan fingerprint density at radius 1 is 0.367 bits per heavy atom. The second-order valence-electron chi connectivity index (χ2n) is 5.01. The van der Waals surface area contributed by atoms with E-state index in [1.54, 1.807) is 0 Å². The zero-order chi connectivity index (χ0) is 25.2. The number of alkyl halides is 17. The molecule has 0 aromatic carbocycles. The van der Waals surface area contributed by atoms with Crippen LogP contribution in [-0.2, 0) is 4.43 Å². The first-order valence-corrected chi connectivity index (χ1v) is 7.48. The highest BCUT2D eigenvalue weighted by molar-refractivity contribution is 6.51. The fourth-order valence-electron chi connectivity index (χ4n) is 1.36. The Kier molecular flexibility index (Phi) is 6.61. The Morgan fingerprint density at radius 2 is 0.600 bits per heavy atom. The molecule has 0 radical (unpaired) electrons. The zero-order valence-electron chi connectivity index (χ0n) is 12.5. The van der Waals surface area contributed by atoms with Crippen molar-refractivity contribution in [2.45, 2.75) is 47.8 Å². The molecule has 0 bridgehead atoms. The van der Waals surface area contributed by atoms with Gasteiger partial charge in [0.05, 0.1) is 0 Å². The molecule has 182 valence electrons. The largest absolute Gasteiger partial charge is 0.807 e. The molecule has 0 aromatic heterocycles. The molecule has 0 saturated heterocycles. The fraction of sp³-hybridized carbons (Fsp3) is 1.00. The SMILES string of the molecule is FC(F)(F)C(F)(F)C(F)(F)C(F)(F)C(F)(F)C(F)(F)C(F)(F)C(F)(F)O[Si](F)(F)F. The first kappa shape index (κ1) is 28.8. The van der Waals surface area contributed by atoms with Crippen molar-refractivity contribution in [3.8, 4) is 0 Å². The summed E-state index contributed by atoms with van der Waals surface area (Å²) in [4.78, 5) is 0. The van der Waals surface area contributed by atoms with Crippen molar-refractivity contribution in [2.75, 3.05) is 0 Å². The highest BCUT2D eigenvalue weighted by Gasteiger charge is 2.95. The first-order chi connectivity index (χ1) is 12.5. The monoisotopic (exact) mass is 520 g/mol. The molecule has 0 atom stereocenters. The van der Waals surface area contributed by atoms with Crippen LogP contribution in [0.5, 0.6) is 0 Å². The van der Waals surface area contributed by atoms with E-state index in [4.69, 9.17) is 0 Å². The van der Waals surface area contributed by atoms with E-state index in [9.17, 15) is 87.0 Å². The second-order valence-corrected chi connectivity index (χ2v) is 6.10. The summed E-state index contributed by atoms with van der Waals surface area (Å²) in [5, 5.41) is 0. The molecule has 0 saturated carbocycles. The summed E-state index contributed by atoms with van der Waals surface area (Å²) in [5.41, 5.74) is 0. The summed E-state index contributed by atoms with van der Waals surface area (Å²) in [6.45, 7) is 0. The summed E-state index contributed by atoms with van der Waals surface area (Å²) in [5.74, 6) is -52.2. The molecule has 0 rings (SSSR count). The van der Waals surface area contributed by atoms with Gasteiger partial charge in [-0.1, -0.05) is 0 Å². The summed E-state index contributed by atoms with van der Waals surface area (Å²) in [6, 6.07) is 0. The third-order valence-electron chi connectivity index (χ3n) is 2.94. The average molecular weight is 520 g/mol. The standard InChI is InChI=1S/C8F20OSi/c9-1(10,3(13,14)5(17,18)7(21,22)23)2(11,12)4(15,16)6(19,20)8(24,25)29-30(26,27)28. The van der Waals surface area contributed by atoms with Gasteiger partial charge in [-0.05, 0) is 0 Å². The van der Waals surface area contributed by atoms with E-state index in [0.29, 0.717) is 0 Å². The van der Waals surface area contributed by atoms with Crippen LogP contribution < -0.4 is 0 Å². The van der Waals surface area contributed by atoms with E-state index in [1.165, 1.54) is 4.43 Å². The van der Waals surface area contributed by atoms with E-state index < -0.39 is 57.1 Å². The molecular weight excluding hydrogens is 520 g/mol. The number of rotatable bonds is 8. The molecule has 0 fully saturated rings. The Labute approximate surface area is 150 Å². The topological polar surface area (TPSA) is 9.23 Å². The lowest BCUT2D eigenvalue weighted by atomic mass is 9.91. The van der Waals surface area contributed by atoms with Crippen molar-refractivity contribution in [3.63, 3.8) is 0 Å². The molecule has 0 unspecified atom stereocenters. The van der Waals surface area contributed by atoms with Gasteiger partial charge in [-0.3, -0.25) is 4.43 Å². The number of hydrogen-bond donors (Lipinski definition) is 0. The third-order valence-corrected chi connectivity index (χ3v) is 3.42. The maximum Gasteiger partial charge on any atom is 0.807 e. The Bertz CT molecular complexity index is 626. The third kappa shape index (κ3) is 3.87. The van der Waals surface area contributed by atoms with Gasteiger partial charge in [0.2, 0.25) is 0 Å². The van der Waals surface area contributed by atoms with Crippen molar-refractivity contribution < 1.29 is 91.4 Å². The van der Waals surface area contributed by atoms with Crippen LogP contribution in [0.2, 0.25) is 0 Å².